The Morgan fingerprint density at radius 3 is 2.45 bits per heavy atom. The fraction of sp³-hybridized carbons (Fsp3) is 0.412. The molecular formula is C17H24N2O. The van der Waals surface area contributed by atoms with E-state index in [0.717, 1.165) is 39.2 Å². The molecule has 3 nitrogen and oxygen atoms in total. The Morgan fingerprint density at radius 2 is 1.60 bits per heavy atom. The number of rotatable bonds is 9. The minimum absolute atomic E-state index is 0.774. The van der Waals surface area contributed by atoms with E-state index in [0.29, 0.717) is 0 Å². The number of hydrogen-bond acceptors (Lipinski definition) is 3. The first-order valence-corrected chi connectivity index (χ1v) is 7.29. The highest BCUT2D eigenvalue weighted by atomic mass is 16.5. The Hall–Kier alpha value is -1.42. The maximum absolute atomic E-state index is 4.99. The standard InChI is InChI=1S/C17H24N2O/c1-20-14-13-19-12-11-18-10-9-16-7-4-6-15-5-2-3-8-17(15)16/h2-8,18-19H,9-14H2,1H3. The van der Waals surface area contributed by atoms with Crippen LogP contribution >= 0.6 is 0 Å². The van der Waals surface area contributed by atoms with Crippen LogP contribution in [0.4, 0.5) is 0 Å². The summed E-state index contributed by atoms with van der Waals surface area (Å²) in [6.07, 6.45) is 1.07. The lowest BCUT2D eigenvalue weighted by atomic mass is 10.0. The summed E-state index contributed by atoms with van der Waals surface area (Å²) in [6.45, 7) is 4.69. The minimum atomic E-state index is 0.774. The van der Waals surface area contributed by atoms with Crippen molar-refractivity contribution in [3.63, 3.8) is 0 Å². The zero-order chi connectivity index (χ0) is 14.0. The van der Waals surface area contributed by atoms with Gasteiger partial charge >= 0.3 is 0 Å². The average molecular weight is 272 g/mol. The zero-order valence-corrected chi connectivity index (χ0v) is 12.2. The predicted molar refractivity (Wildman–Crippen MR) is 85.3 cm³/mol. The first kappa shape index (κ1) is 15.0. The second-order valence-corrected chi connectivity index (χ2v) is 4.88. The molecule has 20 heavy (non-hydrogen) atoms. The number of nitrogens with one attached hydrogen (secondary N) is 2. The Kier molecular flexibility index (Phi) is 6.51. The molecule has 0 radical (unpaired) electrons. The summed E-state index contributed by atoms with van der Waals surface area (Å²) < 4.78 is 4.99. The van der Waals surface area contributed by atoms with Gasteiger partial charge in [0.15, 0.2) is 0 Å². The largest absolute Gasteiger partial charge is 0.383 e. The van der Waals surface area contributed by atoms with Crippen LogP contribution in [0.5, 0.6) is 0 Å². The highest BCUT2D eigenvalue weighted by molar-refractivity contribution is 5.85. The van der Waals surface area contributed by atoms with Crippen molar-refractivity contribution < 1.29 is 4.74 Å². The Labute approximate surface area is 121 Å². The second kappa shape index (κ2) is 8.69. The van der Waals surface area contributed by atoms with E-state index < -0.39 is 0 Å². The molecule has 0 bridgehead atoms. The van der Waals surface area contributed by atoms with Crippen LogP contribution in [0.3, 0.4) is 0 Å². The molecule has 3 heteroatoms. The fourth-order valence-electron chi connectivity index (χ4n) is 2.33. The zero-order valence-electron chi connectivity index (χ0n) is 12.2. The van der Waals surface area contributed by atoms with Crippen molar-refractivity contribution in [2.45, 2.75) is 6.42 Å². The molecule has 0 amide bonds. The van der Waals surface area contributed by atoms with Gasteiger partial charge in [0.1, 0.15) is 0 Å². The van der Waals surface area contributed by atoms with Crippen molar-refractivity contribution in [1.82, 2.24) is 10.6 Å². The van der Waals surface area contributed by atoms with Gasteiger partial charge in [-0.3, -0.25) is 0 Å². The van der Waals surface area contributed by atoms with Gasteiger partial charge in [-0.15, -0.1) is 0 Å². The second-order valence-electron chi connectivity index (χ2n) is 4.88. The van der Waals surface area contributed by atoms with E-state index in [2.05, 4.69) is 53.1 Å². The molecule has 0 heterocycles. The predicted octanol–water partition coefficient (Wildman–Crippen LogP) is 2.21. The quantitative estimate of drug-likeness (QED) is 0.687. The van der Waals surface area contributed by atoms with Crippen LogP contribution < -0.4 is 10.6 Å². The third-order valence-electron chi connectivity index (χ3n) is 3.41. The van der Waals surface area contributed by atoms with E-state index in [4.69, 9.17) is 4.74 Å². The monoisotopic (exact) mass is 272 g/mol. The highest BCUT2D eigenvalue weighted by Crippen LogP contribution is 2.18. The first-order valence-electron chi connectivity index (χ1n) is 7.29. The van der Waals surface area contributed by atoms with Crippen molar-refractivity contribution in [3.05, 3.63) is 48.0 Å². The van der Waals surface area contributed by atoms with Gasteiger partial charge < -0.3 is 15.4 Å². The normalized spacial score (nSPS) is 11.1. The van der Waals surface area contributed by atoms with Crippen LogP contribution in [0.25, 0.3) is 10.8 Å². The van der Waals surface area contributed by atoms with Gasteiger partial charge in [0, 0.05) is 26.7 Å². The lowest BCUT2D eigenvalue weighted by Crippen LogP contribution is -2.30. The molecule has 0 unspecified atom stereocenters. The van der Waals surface area contributed by atoms with E-state index >= 15 is 0 Å². The summed E-state index contributed by atoms with van der Waals surface area (Å²) in [5, 5.41) is 9.49. The Bertz CT molecular complexity index is 508. The molecular weight excluding hydrogens is 248 g/mol. The molecule has 0 atom stereocenters. The molecule has 0 fully saturated rings. The Morgan fingerprint density at radius 1 is 0.850 bits per heavy atom. The van der Waals surface area contributed by atoms with Crippen molar-refractivity contribution in [2.75, 3.05) is 39.9 Å². The summed E-state index contributed by atoms with van der Waals surface area (Å²) in [5.41, 5.74) is 1.42. The molecule has 108 valence electrons. The fourth-order valence-corrected chi connectivity index (χ4v) is 2.33. The molecule has 0 aliphatic carbocycles. The molecule has 2 rings (SSSR count). The lowest BCUT2D eigenvalue weighted by molar-refractivity contribution is 0.199. The van der Waals surface area contributed by atoms with Crippen LogP contribution in [-0.4, -0.2) is 39.9 Å². The highest BCUT2D eigenvalue weighted by Gasteiger charge is 1.99. The van der Waals surface area contributed by atoms with Crippen molar-refractivity contribution in [2.24, 2.45) is 0 Å². The van der Waals surface area contributed by atoms with Crippen molar-refractivity contribution in [3.8, 4) is 0 Å². The van der Waals surface area contributed by atoms with E-state index in [-0.39, 0.29) is 0 Å². The minimum Gasteiger partial charge on any atom is -0.383 e. The lowest BCUT2D eigenvalue weighted by Gasteiger charge is -2.08. The summed E-state index contributed by atoms with van der Waals surface area (Å²) in [4.78, 5) is 0. The molecule has 0 saturated carbocycles. The summed E-state index contributed by atoms with van der Waals surface area (Å²) in [6, 6.07) is 15.1. The summed E-state index contributed by atoms with van der Waals surface area (Å²) in [7, 11) is 1.73. The van der Waals surface area contributed by atoms with E-state index in [9.17, 15) is 0 Å². The molecule has 0 saturated heterocycles. The summed E-state index contributed by atoms with van der Waals surface area (Å²) >= 11 is 0. The molecule has 2 aromatic carbocycles. The van der Waals surface area contributed by atoms with Gasteiger partial charge in [0.05, 0.1) is 6.61 Å². The van der Waals surface area contributed by atoms with Gasteiger partial charge in [0.25, 0.3) is 0 Å². The van der Waals surface area contributed by atoms with E-state index in [1.807, 2.05) is 0 Å². The van der Waals surface area contributed by atoms with Gasteiger partial charge in [-0.05, 0) is 29.3 Å². The van der Waals surface area contributed by atoms with Gasteiger partial charge in [0.2, 0.25) is 0 Å². The van der Waals surface area contributed by atoms with Crippen LogP contribution in [0.15, 0.2) is 42.5 Å². The molecule has 0 aliphatic heterocycles. The van der Waals surface area contributed by atoms with E-state index in [1.165, 1.54) is 16.3 Å². The van der Waals surface area contributed by atoms with Crippen molar-refractivity contribution >= 4 is 10.8 Å². The number of methoxy groups -OCH3 is 1. The van der Waals surface area contributed by atoms with Crippen LogP contribution in [0.2, 0.25) is 0 Å². The number of benzene rings is 2. The Balaban J connectivity index is 1.71. The smallest absolute Gasteiger partial charge is 0.0587 e. The van der Waals surface area contributed by atoms with E-state index in [1.54, 1.807) is 7.11 Å². The van der Waals surface area contributed by atoms with Crippen LogP contribution in [0.1, 0.15) is 5.56 Å². The third-order valence-corrected chi connectivity index (χ3v) is 3.41. The van der Waals surface area contributed by atoms with Gasteiger partial charge in [-0.1, -0.05) is 42.5 Å². The molecule has 2 N–H and O–H groups in total. The number of fused-ring (bicyclic) bond motifs is 1. The molecule has 0 aliphatic rings. The van der Waals surface area contributed by atoms with Crippen LogP contribution in [-0.2, 0) is 11.2 Å². The number of hydrogen-bond donors (Lipinski definition) is 2. The topological polar surface area (TPSA) is 33.3 Å². The molecule has 0 aromatic heterocycles. The average Bonchev–Trinajstić information content (AvgIpc) is 2.50. The summed E-state index contributed by atoms with van der Waals surface area (Å²) in [5.74, 6) is 0. The maximum atomic E-state index is 4.99. The molecule has 0 spiro atoms. The van der Waals surface area contributed by atoms with Gasteiger partial charge in [-0.2, -0.15) is 0 Å². The third kappa shape index (κ3) is 4.60. The SMILES string of the molecule is COCCNCCNCCc1cccc2ccccc12. The maximum Gasteiger partial charge on any atom is 0.0587 e. The van der Waals surface area contributed by atoms with Gasteiger partial charge in [-0.25, -0.2) is 0 Å². The van der Waals surface area contributed by atoms with Crippen LogP contribution in [0, 0.1) is 0 Å². The number of ether oxygens (including phenoxy) is 1. The molecule has 2 aromatic rings. The first-order chi connectivity index (χ1) is 9.92. The van der Waals surface area contributed by atoms with Crippen molar-refractivity contribution in [1.29, 1.82) is 0 Å².